The van der Waals surface area contributed by atoms with E-state index in [1.54, 1.807) is 7.11 Å². The zero-order chi connectivity index (χ0) is 14.9. The molecule has 1 unspecified atom stereocenters. The summed E-state index contributed by atoms with van der Waals surface area (Å²) < 4.78 is 5.16. The van der Waals surface area contributed by atoms with Crippen LogP contribution in [0.5, 0.6) is 0 Å². The fourth-order valence-electron chi connectivity index (χ4n) is 2.66. The Labute approximate surface area is 118 Å². The molecule has 4 nitrogen and oxygen atoms in total. The normalized spacial score (nSPS) is 14.9. The minimum Gasteiger partial charge on any atom is -0.481 e. The van der Waals surface area contributed by atoms with Crippen molar-refractivity contribution in [3.63, 3.8) is 0 Å². The van der Waals surface area contributed by atoms with Crippen LogP contribution in [0.15, 0.2) is 0 Å². The van der Waals surface area contributed by atoms with Gasteiger partial charge in [-0.25, -0.2) is 0 Å². The Balaban J connectivity index is 4.88. The molecule has 0 bridgehead atoms. The molecule has 0 aliphatic rings. The summed E-state index contributed by atoms with van der Waals surface area (Å²) in [5, 5.41) is 9.51. The Morgan fingerprint density at radius 2 is 1.89 bits per heavy atom. The minimum absolute atomic E-state index is 0.436. The van der Waals surface area contributed by atoms with Gasteiger partial charge in [-0.3, -0.25) is 9.69 Å². The molecule has 0 aliphatic heterocycles. The monoisotopic (exact) mass is 273 g/mol. The molecule has 1 atom stereocenters. The van der Waals surface area contributed by atoms with E-state index in [4.69, 9.17) is 4.74 Å². The van der Waals surface area contributed by atoms with Crippen LogP contribution in [0.1, 0.15) is 53.4 Å². The molecule has 0 heterocycles. The highest BCUT2D eigenvalue weighted by atomic mass is 16.5. The number of ether oxygens (including phenoxy) is 1. The SMILES string of the molecule is CCCC(C)(CN(CCOC)C(CC)CC)C(=O)O. The summed E-state index contributed by atoms with van der Waals surface area (Å²) >= 11 is 0. The lowest BCUT2D eigenvalue weighted by Crippen LogP contribution is -2.46. The van der Waals surface area contributed by atoms with Crippen LogP contribution >= 0.6 is 0 Å². The van der Waals surface area contributed by atoms with Crippen molar-refractivity contribution in [1.82, 2.24) is 4.90 Å². The van der Waals surface area contributed by atoms with Crippen molar-refractivity contribution < 1.29 is 14.6 Å². The summed E-state index contributed by atoms with van der Waals surface area (Å²) in [5.74, 6) is -0.692. The first-order valence-corrected chi connectivity index (χ1v) is 7.41. The average Bonchev–Trinajstić information content (AvgIpc) is 2.37. The van der Waals surface area contributed by atoms with Gasteiger partial charge in [0, 0.05) is 26.2 Å². The number of hydrogen-bond acceptors (Lipinski definition) is 3. The van der Waals surface area contributed by atoms with Crippen molar-refractivity contribution in [2.45, 2.75) is 59.4 Å². The Morgan fingerprint density at radius 3 is 2.26 bits per heavy atom. The Bertz CT molecular complexity index is 254. The van der Waals surface area contributed by atoms with Gasteiger partial charge < -0.3 is 9.84 Å². The van der Waals surface area contributed by atoms with Crippen molar-refractivity contribution in [2.24, 2.45) is 5.41 Å². The van der Waals surface area contributed by atoms with E-state index in [-0.39, 0.29) is 0 Å². The summed E-state index contributed by atoms with van der Waals surface area (Å²) in [4.78, 5) is 13.8. The topological polar surface area (TPSA) is 49.8 Å². The van der Waals surface area contributed by atoms with Crippen molar-refractivity contribution in [3.05, 3.63) is 0 Å². The third kappa shape index (κ3) is 5.91. The summed E-state index contributed by atoms with van der Waals surface area (Å²) in [6, 6.07) is 0.436. The number of hydrogen-bond donors (Lipinski definition) is 1. The van der Waals surface area contributed by atoms with Crippen LogP contribution in [0.4, 0.5) is 0 Å². The zero-order valence-electron chi connectivity index (χ0n) is 13.2. The second-order valence-corrected chi connectivity index (χ2v) is 5.55. The molecule has 19 heavy (non-hydrogen) atoms. The van der Waals surface area contributed by atoms with Crippen LogP contribution < -0.4 is 0 Å². The van der Waals surface area contributed by atoms with Crippen LogP contribution in [0.2, 0.25) is 0 Å². The van der Waals surface area contributed by atoms with Gasteiger partial charge in [0.05, 0.1) is 12.0 Å². The molecular weight excluding hydrogens is 242 g/mol. The maximum absolute atomic E-state index is 11.6. The first-order valence-electron chi connectivity index (χ1n) is 7.41. The fraction of sp³-hybridized carbons (Fsp3) is 0.933. The molecule has 114 valence electrons. The smallest absolute Gasteiger partial charge is 0.310 e. The van der Waals surface area contributed by atoms with Crippen molar-refractivity contribution in [3.8, 4) is 0 Å². The van der Waals surface area contributed by atoms with E-state index in [1.807, 2.05) is 13.8 Å². The highest BCUT2D eigenvalue weighted by Crippen LogP contribution is 2.27. The molecule has 0 fully saturated rings. The van der Waals surface area contributed by atoms with E-state index in [0.717, 1.165) is 25.8 Å². The minimum atomic E-state index is -0.692. The van der Waals surface area contributed by atoms with Crippen LogP contribution in [-0.2, 0) is 9.53 Å². The maximum Gasteiger partial charge on any atom is 0.310 e. The lowest BCUT2D eigenvalue weighted by Gasteiger charge is -2.37. The van der Waals surface area contributed by atoms with Gasteiger partial charge in [0.15, 0.2) is 0 Å². The van der Waals surface area contributed by atoms with E-state index in [0.29, 0.717) is 25.6 Å². The number of aliphatic carboxylic acids is 1. The fourth-order valence-corrected chi connectivity index (χ4v) is 2.66. The molecule has 1 N–H and O–H groups in total. The zero-order valence-corrected chi connectivity index (χ0v) is 13.2. The Kier molecular flexibility index (Phi) is 9.02. The Hall–Kier alpha value is -0.610. The van der Waals surface area contributed by atoms with E-state index in [1.165, 1.54) is 0 Å². The number of methoxy groups -OCH3 is 1. The van der Waals surface area contributed by atoms with Crippen LogP contribution in [0.25, 0.3) is 0 Å². The van der Waals surface area contributed by atoms with Gasteiger partial charge in [-0.2, -0.15) is 0 Å². The van der Waals surface area contributed by atoms with Gasteiger partial charge in [-0.05, 0) is 26.2 Å². The highest BCUT2D eigenvalue weighted by Gasteiger charge is 2.35. The van der Waals surface area contributed by atoms with Gasteiger partial charge in [0.1, 0.15) is 0 Å². The first kappa shape index (κ1) is 18.4. The van der Waals surface area contributed by atoms with Crippen molar-refractivity contribution >= 4 is 5.97 Å². The van der Waals surface area contributed by atoms with E-state index < -0.39 is 11.4 Å². The second kappa shape index (κ2) is 9.32. The lowest BCUT2D eigenvalue weighted by atomic mass is 9.84. The van der Waals surface area contributed by atoms with E-state index in [9.17, 15) is 9.90 Å². The number of carbonyl (C=O) groups is 1. The summed E-state index contributed by atoms with van der Waals surface area (Å²) in [7, 11) is 1.69. The number of rotatable bonds is 11. The van der Waals surface area contributed by atoms with Crippen molar-refractivity contribution in [1.29, 1.82) is 0 Å². The molecule has 0 saturated carbocycles. The van der Waals surface area contributed by atoms with Gasteiger partial charge in [0.2, 0.25) is 0 Å². The first-order chi connectivity index (χ1) is 8.95. The van der Waals surface area contributed by atoms with Crippen LogP contribution in [0, 0.1) is 5.41 Å². The highest BCUT2D eigenvalue weighted by molar-refractivity contribution is 5.74. The van der Waals surface area contributed by atoms with Crippen LogP contribution in [-0.4, -0.2) is 48.8 Å². The second-order valence-electron chi connectivity index (χ2n) is 5.55. The molecule has 0 aromatic rings. The van der Waals surface area contributed by atoms with Crippen molar-refractivity contribution in [2.75, 3.05) is 26.8 Å². The van der Waals surface area contributed by atoms with Crippen LogP contribution in [0.3, 0.4) is 0 Å². The third-order valence-electron chi connectivity index (χ3n) is 3.91. The quantitative estimate of drug-likeness (QED) is 0.628. The number of nitrogens with zero attached hydrogens (tertiary/aromatic N) is 1. The number of carboxylic acids is 1. The maximum atomic E-state index is 11.6. The van der Waals surface area contributed by atoms with Gasteiger partial charge in [-0.1, -0.05) is 27.2 Å². The largest absolute Gasteiger partial charge is 0.481 e. The molecule has 0 aliphatic carbocycles. The molecule has 0 spiro atoms. The Morgan fingerprint density at radius 1 is 1.32 bits per heavy atom. The lowest BCUT2D eigenvalue weighted by molar-refractivity contribution is -0.150. The molecule has 0 rings (SSSR count). The van der Waals surface area contributed by atoms with Gasteiger partial charge in [-0.15, -0.1) is 0 Å². The van der Waals surface area contributed by atoms with E-state index in [2.05, 4.69) is 18.7 Å². The molecule has 0 saturated heterocycles. The average molecular weight is 273 g/mol. The predicted octanol–water partition coefficient (Wildman–Crippen LogP) is 3.01. The molecule has 0 amide bonds. The molecule has 4 heteroatoms. The standard InChI is InChI=1S/C15H31NO3/c1-6-9-15(4,14(17)18)12-16(10-11-19-5)13(7-2)8-3/h13H,6-12H2,1-5H3,(H,17,18). The van der Waals surface area contributed by atoms with E-state index >= 15 is 0 Å². The summed E-state index contributed by atoms with van der Waals surface area (Å²) in [5.41, 5.74) is -0.662. The van der Waals surface area contributed by atoms with Gasteiger partial charge in [0.25, 0.3) is 0 Å². The summed E-state index contributed by atoms with van der Waals surface area (Å²) in [6.07, 6.45) is 3.69. The summed E-state index contributed by atoms with van der Waals surface area (Å²) in [6.45, 7) is 10.3. The molecular formula is C15H31NO3. The molecule has 0 aromatic heterocycles. The third-order valence-corrected chi connectivity index (χ3v) is 3.91. The number of carboxylic acid groups (broad SMARTS) is 1. The molecule has 0 aromatic carbocycles. The van der Waals surface area contributed by atoms with Gasteiger partial charge >= 0.3 is 5.97 Å². The molecule has 0 radical (unpaired) electrons. The predicted molar refractivity (Wildman–Crippen MR) is 78.5 cm³/mol.